The van der Waals surface area contributed by atoms with Crippen LogP contribution in [0.2, 0.25) is 18.1 Å². The van der Waals surface area contributed by atoms with Crippen LogP contribution in [0.25, 0.3) is 0 Å². The van der Waals surface area contributed by atoms with Crippen molar-refractivity contribution < 1.29 is 18.8 Å². The van der Waals surface area contributed by atoms with E-state index in [-0.39, 0.29) is 29.0 Å². The molecule has 0 aromatic heterocycles. The molecule has 2 amide bonds. The van der Waals surface area contributed by atoms with Crippen LogP contribution < -0.4 is 21.2 Å². The van der Waals surface area contributed by atoms with E-state index in [9.17, 15) is 9.59 Å². The van der Waals surface area contributed by atoms with Crippen LogP contribution in [0.1, 0.15) is 62.3 Å². The van der Waals surface area contributed by atoms with Gasteiger partial charge in [0.25, 0.3) is 0 Å². The van der Waals surface area contributed by atoms with Gasteiger partial charge in [-0.2, -0.15) is 0 Å². The third kappa shape index (κ3) is 10.3. The summed E-state index contributed by atoms with van der Waals surface area (Å²) < 4.78 is 12.3. The molecule has 0 radical (unpaired) electrons. The van der Waals surface area contributed by atoms with Gasteiger partial charge in [0.15, 0.2) is 8.32 Å². The van der Waals surface area contributed by atoms with Crippen molar-refractivity contribution in [3.8, 4) is 0 Å². The molecule has 0 heterocycles. The largest absolute Gasteiger partial charge is 0.444 e. The molecule has 0 saturated carbocycles. The molecular weight excluding hydrogens is 535 g/mol. The van der Waals surface area contributed by atoms with E-state index in [1.165, 1.54) is 10.6 Å². The number of benzene rings is 2. The maximum absolute atomic E-state index is 13.8. The van der Waals surface area contributed by atoms with Gasteiger partial charge < -0.3 is 19.8 Å². The quantitative estimate of drug-likeness (QED) is 0.231. The average Bonchev–Trinajstić information content (AvgIpc) is 2.83. The summed E-state index contributed by atoms with van der Waals surface area (Å²) in [6, 6.07) is 20.0. The van der Waals surface area contributed by atoms with Gasteiger partial charge in [-0.1, -0.05) is 95.3 Å². The second-order valence-corrected chi connectivity index (χ2v) is 20.4. The van der Waals surface area contributed by atoms with Crippen molar-refractivity contribution in [3.63, 3.8) is 0 Å². The van der Waals surface area contributed by atoms with Crippen LogP contribution in [0.4, 0.5) is 4.79 Å². The Balaban J connectivity index is 2.43. The minimum Gasteiger partial charge on any atom is -0.444 e. The van der Waals surface area contributed by atoms with Crippen molar-refractivity contribution in [2.45, 2.75) is 104 Å². The number of nitrogens with one attached hydrogen (secondary N) is 2. The van der Waals surface area contributed by atoms with Crippen molar-refractivity contribution in [1.82, 2.24) is 10.6 Å². The summed E-state index contributed by atoms with van der Waals surface area (Å²) in [7, 11) is -2.91. The van der Waals surface area contributed by atoms with E-state index >= 15 is 0 Å². The lowest BCUT2D eigenvalue weighted by Crippen LogP contribution is -2.57. The van der Waals surface area contributed by atoms with Crippen LogP contribution in [0, 0.1) is 5.92 Å². The summed E-state index contributed by atoms with van der Waals surface area (Å²) in [5.74, 6) is -0.359. The zero-order chi connectivity index (χ0) is 30.3. The summed E-state index contributed by atoms with van der Waals surface area (Å²) >= 11 is 0. The van der Waals surface area contributed by atoms with Gasteiger partial charge in [-0.15, -0.1) is 0 Å². The van der Waals surface area contributed by atoms with Gasteiger partial charge in [-0.25, -0.2) is 4.79 Å². The van der Waals surface area contributed by atoms with Gasteiger partial charge in [0.2, 0.25) is 5.91 Å². The molecule has 0 spiro atoms. The fourth-order valence-electron chi connectivity index (χ4n) is 4.05. The van der Waals surface area contributed by atoms with Gasteiger partial charge >= 0.3 is 6.09 Å². The molecule has 0 saturated heterocycles. The van der Waals surface area contributed by atoms with Crippen molar-refractivity contribution in [2.75, 3.05) is 6.16 Å². The SMILES string of the molecule is CC(C)[C@H](NC(=O)OC(C)(C)C)C(=O)N[C@H](CP(c1ccccc1)c1ccccc1)[C@@H](C)O[Si](C)(C)C(C)(C)C. The Hall–Kier alpha value is -2.21. The molecule has 0 aliphatic rings. The average molecular weight is 587 g/mol. The Bertz CT molecular complexity index is 1040. The van der Waals surface area contributed by atoms with Crippen molar-refractivity contribution in [1.29, 1.82) is 0 Å². The van der Waals surface area contributed by atoms with Crippen LogP contribution in [0.3, 0.4) is 0 Å². The minimum absolute atomic E-state index is 0.0259. The van der Waals surface area contributed by atoms with E-state index in [0.29, 0.717) is 6.16 Å². The molecule has 2 aromatic carbocycles. The summed E-state index contributed by atoms with van der Waals surface area (Å²) in [4.78, 5) is 26.4. The molecule has 2 rings (SSSR count). The Morgan fingerprint density at radius 2 is 1.30 bits per heavy atom. The van der Waals surface area contributed by atoms with E-state index < -0.39 is 34.0 Å². The molecule has 2 aromatic rings. The smallest absolute Gasteiger partial charge is 0.408 e. The third-order valence-corrected chi connectivity index (χ3v) is 14.5. The van der Waals surface area contributed by atoms with E-state index in [2.05, 4.69) is 100.0 Å². The lowest BCUT2D eigenvalue weighted by atomic mass is 10.0. The standard InChI is InChI=1S/C32H51N2O4PSi/c1-23(2)28(34-30(36)37-31(4,5)6)29(35)33-27(24(3)38-40(10,11)32(7,8)9)22-39(25-18-14-12-15-19-25)26-20-16-13-17-21-26/h12-21,23-24,27-28H,22H2,1-11H3,(H,33,35)(H,34,36)/t24-,27-,28+/m1/s1. The second kappa shape index (κ2) is 14.1. The van der Waals surface area contributed by atoms with Crippen molar-refractivity contribution in [2.24, 2.45) is 5.92 Å². The van der Waals surface area contributed by atoms with Gasteiger partial charge in [0, 0.05) is 0 Å². The number of ether oxygens (including phenoxy) is 1. The van der Waals surface area contributed by atoms with Crippen LogP contribution in [-0.2, 0) is 14.0 Å². The fraction of sp³-hybridized carbons (Fsp3) is 0.562. The molecule has 3 atom stereocenters. The number of hydrogen-bond donors (Lipinski definition) is 2. The van der Waals surface area contributed by atoms with Gasteiger partial charge in [-0.05, 0) is 76.4 Å². The van der Waals surface area contributed by atoms with Crippen LogP contribution in [0.15, 0.2) is 60.7 Å². The Labute approximate surface area is 244 Å². The Kier molecular flexibility index (Phi) is 12.0. The number of alkyl carbamates (subject to hydrolysis) is 1. The first-order valence-electron chi connectivity index (χ1n) is 14.3. The first-order chi connectivity index (χ1) is 18.4. The zero-order valence-electron chi connectivity index (χ0n) is 26.4. The van der Waals surface area contributed by atoms with E-state index in [0.717, 1.165) is 0 Å². The highest BCUT2D eigenvalue weighted by atomic mass is 31.1. The summed E-state index contributed by atoms with van der Waals surface area (Å²) in [6.07, 6.45) is -0.113. The van der Waals surface area contributed by atoms with Crippen LogP contribution in [-0.4, -0.2) is 50.3 Å². The first-order valence-corrected chi connectivity index (χ1v) is 18.7. The normalized spacial score (nSPS) is 14.9. The number of amides is 2. The van der Waals surface area contributed by atoms with Crippen LogP contribution in [0.5, 0.6) is 0 Å². The molecule has 0 aliphatic heterocycles. The molecule has 8 heteroatoms. The molecular formula is C32H51N2O4PSi. The monoisotopic (exact) mass is 586 g/mol. The maximum Gasteiger partial charge on any atom is 0.408 e. The van der Waals surface area contributed by atoms with Crippen molar-refractivity contribution in [3.05, 3.63) is 60.7 Å². The number of hydrogen-bond acceptors (Lipinski definition) is 4. The highest BCUT2D eigenvalue weighted by molar-refractivity contribution is 7.73. The number of carbonyl (C=O) groups excluding carboxylic acids is 2. The highest BCUT2D eigenvalue weighted by Crippen LogP contribution is 2.39. The minimum atomic E-state index is -2.13. The lowest BCUT2D eigenvalue weighted by Gasteiger charge is -2.41. The van der Waals surface area contributed by atoms with Crippen molar-refractivity contribution >= 4 is 38.8 Å². The molecule has 0 aliphatic carbocycles. The fourth-order valence-corrected chi connectivity index (χ4v) is 8.06. The molecule has 222 valence electrons. The summed E-state index contributed by atoms with van der Waals surface area (Å²) in [6.45, 7) is 22.5. The van der Waals surface area contributed by atoms with E-state index in [4.69, 9.17) is 9.16 Å². The van der Waals surface area contributed by atoms with E-state index in [1.807, 2.05) is 46.8 Å². The first kappa shape index (κ1) is 34.0. The second-order valence-electron chi connectivity index (χ2n) is 13.3. The number of carbonyl (C=O) groups is 2. The predicted octanol–water partition coefficient (Wildman–Crippen LogP) is 6.56. The van der Waals surface area contributed by atoms with E-state index in [1.54, 1.807) is 0 Å². The molecule has 0 bridgehead atoms. The molecule has 2 N–H and O–H groups in total. The Morgan fingerprint density at radius 3 is 1.70 bits per heavy atom. The highest BCUT2D eigenvalue weighted by Gasteiger charge is 2.41. The molecule has 40 heavy (non-hydrogen) atoms. The molecule has 0 fully saturated rings. The molecule has 6 nitrogen and oxygen atoms in total. The molecule has 0 unspecified atom stereocenters. The summed E-state index contributed by atoms with van der Waals surface area (Å²) in [5.41, 5.74) is -0.655. The summed E-state index contributed by atoms with van der Waals surface area (Å²) in [5, 5.41) is 8.64. The van der Waals surface area contributed by atoms with Gasteiger partial charge in [0.1, 0.15) is 11.6 Å². The van der Waals surface area contributed by atoms with Gasteiger partial charge in [-0.3, -0.25) is 4.79 Å². The third-order valence-electron chi connectivity index (χ3n) is 7.32. The Morgan fingerprint density at radius 1 is 0.825 bits per heavy atom. The maximum atomic E-state index is 13.8. The number of rotatable bonds is 11. The lowest BCUT2D eigenvalue weighted by molar-refractivity contribution is -0.125. The topological polar surface area (TPSA) is 76.7 Å². The zero-order valence-corrected chi connectivity index (χ0v) is 28.3. The van der Waals surface area contributed by atoms with Crippen LogP contribution >= 0.6 is 7.92 Å². The predicted molar refractivity (Wildman–Crippen MR) is 172 cm³/mol. The van der Waals surface area contributed by atoms with Gasteiger partial charge in [0.05, 0.1) is 12.1 Å².